The van der Waals surface area contributed by atoms with Gasteiger partial charge in [0.2, 0.25) is 0 Å². The van der Waals surface area contributed by atoms with Gasteiger partial charge in [-0.1, -0.05) is 30.3 Å². The van der Waals surface area contributed by atoms with E-state index in [0.717, 1.165) is 27.9 Å². The highest BCUT2D eigenvalue weighted by Gasteiger charge is 2.19. The summed E-state index contributed by atoms with van der Waals surface area (Å²) in [6.07, 6.45) is 1.75. The van der Waals surface area contributed by atoms with Crippen LogP contribution in [0.25, 0.3) is 11.0 Å². The molecule has 2 aromatic heterocycles. The van der Waals surface area contributed by atoms with Crippen molar-refractivity contribution < 1.29 is 14.0 Å². The third kappa shape index (κ3) is 4.52. The minimum Gasteiger partial charge on any atom is -0.609 e. The Labute approximate surface area is 172 Å². The molecule has 0 aliphatic rings. The van der Waals surface area contributed by atoms with Crippen LogP contribution in [0.4, 0.5) is 0 Å². The van der Waals surface area contributed by atoms with Gasteiger partial charge in [-0.2, -0.15) is 4.98 Å². The number of aromatic nitrogens is 3. The molecule has 0 saturated heterocycles. The molecule has 29 heavy (non-hydrogen) atoms. The van der Waals surface area contributed by atoms with Crippen molar-refractivity contribution in [3.8, 4) is 11.5 Å². The summed E-state index contributed by atoms with van der Waals surface area (Å²) in [6.45, 7) is 2.42. The van der Waals surface area contributed by atoms with Gasteiger partial charge < -0.3 is 14.0 Å². The van der Waals surface area contributed by atoms with Crippen molar-refractivity contribution in [2.45, 2.75) is 24.4 Å². The SMILES string of the molecule is COc1ccc2[nH]c([S+]([O-])Cc3cc(OCc4ccccc4)c(C)cn3)nc2c1. The maximum atomic E-state index is 12.8. The molecule has 148 valence electrons. The van der Waals surface area contributed by atoms with Gasteiger partial charge in [0.05, 0.1) is 23.8 Å². The molecule has 2 aromatic carbocycles. The lowest BCUT2D eigenvalue weighted by molar-refractivity contribution is 0.303. The molecule has 4 rings (SSSR count). The lowest BCUT2D eigenvalue weighted by Crippen LogP contribution is -2.09. The van der Waals surface area contributed by atoms with Gasteiger partial charge in [0.25, 0.3) is 0 Å². The Kier molecular flexibility index (Phi) is 5.69. The quantitative estimate of drug-likeness (QED) is 0.465. The fraction of sp³-hybridized carbons (Fsp3) is 0.182. The molecule has 0 spiro atoms. The highest BCUT2D eigenvalue weighted by atomic mass is 32.2. The molecular formula is C22H21N3O3S. The number of hydrogen-bond acceptors (Lipinski definition) is 5. The second-order valence-corrected chi connectivity index (χ2v) is 8.00. The molecule has 0 aliphatic carbocycles. The molecule has 0 aliphatic heterocycles. The first kappa shape index (κ1) is 19.3. The number of benzene rings is 2. The Morgan fingerprint density at radius 3 is 2.72 bits per heavy atom. The van der Waals surface area contributed by atoms with Gasteiger partial charge in [-0.3, -0.25) is 9.97 Å². The first-order valence-electron chi connectivity index (χ1n) is 9.17. The predicted octanol–water partition coefficient (Wildman–Crippen LogP) is 4.16. The van der Waals surface area contributed by atoms with Crippen LogP contribution >= 0.6 is 0 Å². The smallest absolute Gasteiger partial charge is 0.322 e. The maximum Gasteiger partial charge on any atom is 0.322 e. The van der Waals surface area contributed by atoms with Crippen molar-refractivity contribution in [1.82, 2.24) is 15.0 Å². The Bertz CT molecular complexity index is 1110. The van der Waals surface area contributed by atoms with Crippen LogP contribution in [0.15, 0.2) is 66.0 Å². The number of aromatic amines is 1. The Hall–Kier alpha value is -3.03. The van der Waals surface area contributed by atoms with E-state index in [1.807, 2.05) is 61.5 Å². The van der Waals surface area contributed by atoms with Crippen molar-refractivity contribution >= 4 is 22.2 Å². The Balaban J connectivity index is 1.48. The number of hydrogen-bond donors (Lipinski definition) is 1. The minimum absolute atomic E-state index is 0.249. The molecule has 0 saturated carbocycles. The number of H-pyrrole nitrogens is 1. The third-order valence-corrected chi connectivity index (χ3v) is 5.69. The third-order valence-electron chi connectivity index (χ3n) is 4.51. The average molecular weight is 407 g/mol. The summed E-state index contributed by atoms with van der Waals surface area (Å²) in [4.78, 5) is 12.0. The van der Waals surface area contributed by atoms with Crippen LogP contribution in [0.1, 0.15) is 16.8 Å². The average Bonchev–Trinajstić information content (AvgIpc) is 3.18. The number of pyridine rings is 1. The zero-order valence-electron chi connectivity index (χ0n) is 16.2. The summed E-state index contributed by atoms with van der Waals surface area (Å²) in [6, 6.07) is 17.3. The second-order valence-electron chi connectivity index (χ2n) is 6.63. The zero-order valence-corrected chi connectivity index (χ0v) is 17.0. The monoisotopic (exact) mass is 407 g/mol. The number of ether oxygens (including phenoxy) is 2. The van der Waals surface area contributed by atoms with Crippen LogP contribution in [-0.2, 0) is 23.5 Å². The molecule has 7 heteroatoms. The van der Waals surface area contributed by atoms with E-state index in [1.54, 1.807) is 13.3 Å². The lowest BCUT2D eigenvalue weighted by atomic mass is 10.2. The molecule has 1 N–H and O–H groups in total. The molecule has 1 unspecified atom stereocenters. The van der Waals surface area contributed by atoms with Gasteiger partial charge in [0.15, 0.2) is 5.75 Å². The van der Waals surface area contributed by atoms with Crippen molar-refractivity contribution in [2.24, 2.45) is 0 Å². The zero-order chi connectivity index (χ0) is 20.2. The lowest BCUT2D eigenvalue weighted by Gasteiger charge is -2.11. The molecule has 1 atom stereocenters. The van der Waals surface area contributed by atoms with Gasteiger partial charge in [-0.05, 0) is 24.6 Å². The first-order valence-corrected chi connectivity index (χ1v) is 10.5. The van der Waals surface area contributed by atoms with Crippen LogP contribution in [0.5, 0.6) is 11.5 Å². The van der Waals surface area contributed by atoms with Crippen molar-refractivity contribution in [1.29, 1.82) is 0 Å². The van der Waals surface area contributed by atoms with Gasteiger partial charge in [-0.15, -0.1) is 0 Å². The highest BCUT2D eigenvalue weighted by Crippen LogP contribution is 2.24. The molecule has 6 nitrogen and oxygen atoms in total. The van der Waals surface area contributed by atoms with E-state index >= 15 is 0 Å². The van der Waals surface area contributed by atoms with E-state index in [0.29, 0.717) is 23.2 Å². The van der Waals surface area contributed by atoms with Gasteiger partial charge in [-0.25, -0.2) is 0 Å². The predicted molar refractivity (Wildman–Crippen MR) is 113 cm³/mol. The molecule has 0 radical (unpaired) electrons. The van der Waals surface area contributed by atoms with Crippen LogP contribution in [0.2, 0.25) is 0 Å². The largest absolute Gasteiger partial charge is 0.609 e. The van der Waals surface area contributed by atoms with Gasteiger partial charge in [0, 0.05) is 35.1 Å². The van der Waals surface area contributed by atoms with Crippen molar-refractivity contribution in [3.05, 3.63) is 77.6 Å². The van der Waals surface area contributed by atoms with Crippen LogP contribution < -0.4 is 9.47 Å². The standard InChI is InChI=1S/C22H21N3O3S/c1-15-12-23-17(10-21(15)28-13-16-6-4-3-5-7-16)14-29(26)22-24-19-9-8-18(27-2)11-20(19)25-22/h3-12H,13-14H2,1-2H3,(H,24,25). The van der Waals surface area contributed by atoms with Gasteiger partial charge in [0.1, 0.15) is 18.1 Å². The van der Waals surface area contributed by atoms with E-state index in [1.165, 1.54) is 0 Å². The fourth-order valence-electron chi connectivity index (χ4n) is 2.92. The molecule has 4 aromatic rings. The molecule has 0 bridgehead atoms. The molecular weight excluding hydrogens is 386 g/mol. The number of aryl methyl sites for hydroxylation is 1. The topological polar surface area (TPSA) is 83.1 Å². The molecule has 0 fully saturated rings. The number of nitrogens with zero attached hydrogens (tertiary/aromatic N) is 2. The summed E-state index contributed by atoms with van der Waals surface area (Å²) in [5, 5.41) is 0.419. The van der Waals surface area contributed by atoms with Gasteiger partial charge >= 0.3 is 5.16 Å². The minimum atomic E-state index is -1.36. The fourth-order valence-corrected chi connectivity index (χ4v) is 3.90. The van der Waals surface area contributed by atoms with Crippen LogP contribution in [0, 0.1) is 6.92 Å². The van der Waals surface area contributed by atoms with E-state index in [4.69, 9.17) is 9.47 Å². The van der Waals surface area contributed by atoms with Crippen LogP contribution in [0.3, 0.4) is 0 Å². The number of imidazole rings is 1. The van der Waals surface area contributed by atoms with E-state index < -0.39 is 11.2 Å². The summed E-state index contributed by atoms with van der Waals surface area (Å²) in [7, 11) is 1.60. The summed E-state index contributed by atoms with van der Waals surface area (Å²) >= 11 is -1.36. The molecule has 0 amide bonds. The highest BCUT2D eigenvalue weighted by molar-refractivity contribution is 7.90. The number of rotatable bonds is 7. The van der Waals surface area contributed by atoms with Crippen molar-refractivity contribution in [3.63, 3.8) is 0 Å². The number of nitrogens with one attached hydrogen (secondary N) is 1. The van der Waals surface area contributed by atoms with E-state index in [9.17, 15) is 4.55 Å². The Morgan fingerprint density at radius 1 is 1.10 bits per heavy atom. The normalized spacial score (nSPS) is 12.1. The Morgan fingerprint density at radius 2 is 1.93 bits per heavy atom. The summed E-state index contributed by atoms with van der Waals surface area (Å²) in [5.74, 6) is 1.70. The summed E-state index contributed by atoms with van der Waals surface area (Å²) < 4.78 is 24.0. The first-order chi connectivity index (χ1) is 14.1. The molecule has 2 heterocycles. The van der Waals surface area contributed by atoms with Crippen molar-refractivity contribution in [2.75, 3.05) is 7.11 Å². The van der Waals surface area contributed by atoms with E-state index in [-0.39, 0.29) is 5.75 Å². The van der Waals surface area contributed by atoms with E-state index in [2.05, 4.69) is 15.0 Å². The number of methoxy groups -OCH3 is 1. The number of fused-ring (bicyclic) bond motifs is 1. The maximum absolute atomic E-state index is 12.8. The van der Waals surface area contributed by atoms with Crippen LogP contribution in [-0.4, -0.2) is 26.6 Å². The summed E-state index contributed by atoms with van der Waals surface area (Å²) in [5.41, 5.74) is 4.25. The second kappa shape index (κ2) is 8.55.